The van der Waals surface area contributed by atoms with Crippen LogP contribution in [0.2, 0.25) is 5.02 Å². The quantitative estimate of drug-likeness (QED) is 0.911. The summed E-state index contributed by atoms with van der Waals surface area (Å²) in [5, 5.41) is 11.8. The predicted octanol–water partition coefficient (Wildman–Crippen LogP) is 3.43. The molecule has 0 saturated carbocycles. The van der Waals surface area contributed by atoms with Crippen molar-refractivity contribution in [2.45, 2.75) is 0 Å². The van der Waals surface area contributed by atoms with Gasteiger partial charge in [0.2, 0.25) is 0 Å². The molecule has 4 nitrogen and oxygen atoms in total. The van der Waals surface area contributed by atoms with E-state index in [1.165, 1.54) is 30.3 Å². The van der Waals surface area contributed by atoms with E-state index in [2.05, 4.69) is 5.32 Å². The van der Waals surface area contributed by atoms with Crippen LogP contribution in [-0.4, -0.2) is 17.0 Å². The summed E-state index contributed by atoms with van der Waals surface area (Å²) in [7, 11) is 0. The van der Waals surface area contributed by atoms with Crippen molar-refractivity contribution in [1.82, 2.24) is 0 Å². The second-order valence-electron chi connectivity index (χ2n) is 3.96. The molecule has 102 valence electrons. The molecule has 0 radical (unpaired) electrons. The summed E-state index contributed by atoms with van der Waals surface area (Å²) in [5.41, 5.74) is 0.224. The molecule has 0 aliphatic carbocycles. The highest BCUT2D eigenvalue weighted by Crippen LogP contribution is 2.21. The fraction of sp³-hybridized carbons (Fsp3) is 0. The molecule has 1 amide bonds. The molecule has 2 aromatic rings. The number of halogens is 2. The van der Waals surface area contributed by atoms with Crippen LogP contribution in [-0.2, 0) is 0 Å². The first kappa shape index (κ1) is 14.0. The summed E-state index contributed by atoms with van der Waals surface area (Å²) < 4.78 is 12.8. The lowest BCUT2D eigenvalue weighted by Gasteiger charge is -2.09. The Bertz CT molecular complexity index is 671. The van der Waals surface area contributed by atoms with Crippen molar-refractivity contribution in [3.63, 3.8) is 0 Å². The molecule has 2 N–H and O–H groups in total. The Labute approximate surface area is 118 Å². The number of carboxylic acids is 1. The van der Waals surface area contributed by atoms with Crippen LogP contribution < -0.4 is 5.32 Å². The lowest BCUT2D eigenvalue weighted by atomic mass is 10.1. The number of carbonyl (C=O) groups excluding carboxylic acids is 1. The Kier molecular flexibility index (Phi) is 4.00. The molecule has 6 heteroatoms. The second-order valence-corrected chi connectivity index (χ2v) is 4.39. The zero-order chi connectivity index (χ0) is 14.7. The highest BCUT2D eigenvalue weighted by Gasteiger charge is 2.14. The van der Waals surface area contributed by atoms with Crippen molar-refractivity contribution < 1.29 is 19.1 Å². The number of rotatable bonds is 3. The van der Waals surface area contributed by atoms with Gasteiger partial charge in [0.15, 0.2) is 0 Å². The van der Waals surface area contributed by atoms with Crippen LogP contribution in [0.3, 0.4) is 0 Å². The summed E-state index contributed by atoms with van der Waals surface area (Å²) in [6, 6.07) is 9.01. The van der Waals surface area contributed by atoms with E-state index in [0.29, 0.717) is 0 Å². The Morgan fingerprint density at radius 3 is 2.35 bits per heavy atom. The standard InChI is InChI=1S/C14H9ClFNO3/c15-9-3-6-12(11(7-9)14(19)20)17-13(18)8-1-4-10(16)5-2-8/h1-7H,(H,17,18)(H,19,20). The Balaban J connectivity index is 2.28. The number of aromatic carboxylic acids is 1. The number of hydrogen-bond acceptors (Lipinski definition) is 2. The molecule has 0 saturated heterocycles. The fourth-order valence-electron chi connectivity index (χ4n) is 1.60. The molecule has 0 bridgehead atoms. The highest BCUT2D eigenvalue weighted by atomic mass is 35.5. The minimum Gasteiger partial charge on any atom is -0.478 e. The topological polar surface area (TPSA) is 66.4 Å². The van der Waals surface area contributed by atoms with Gasteiger partial charge in [-0.05, 0) is 42.5 Å². The van der Waals surface area contributed by atoms with Crippen LogP contribution in [0.4, 0.5) is 10.1 Å². The Hall–Kier alpha value is -2.40. The maximum Gasteiger partial charge on any atom is 0.337 e. The van der Waals surface area contributed by atoms with Crippen molar-refractivity contribution in [2.24, 2.45) is 0 Å². The monoisotopic (exact) mass is 293 g/mol. The van der Waals surface area contributed by atoms with Gasteiger partial charge in [-0.2, -0.15) is 0 Å². The lowest BCUT2D eigenvalue weighted by Crippen LogP contribution is -2.14. The molecule has 0 unspecified atom stereocenters. The summed E-state index contributed by atoms with van der Waals surface area (Å²) >= 11 is 5.71. The number of anilines is 1. The number of hydrogen-bond donors (Lipinski definition) is 2. The number of carboxylic acid groups (broad SMARTS) is 1. The van der Waals surface area contributed by atoms with Crippen LogP contribution in [0.25, 0.3) is 0 Å². The molecule has 0 aliphatic heterocycles. The van der Waals surface area contributed by atoms with E-state index in [1.807, 2.05) is 0 Å². The molecular formula is C14H9ClFNO3. The van der Waals surface area contributed by atoms with E-state index in [4.69, 9.17) is 16.7 Å². The SMILES string of the molecule is O=C(Nc1ccc(Cl)cc1C(=O)O)c1ccc(F)cc1. The first-order valence-electron chi connectivity index (χ1n) is 5.57. The summed E-state index contributed by atoms with van der Waals surface area (Å²) in [4.78, 5) is 23.0. The van der Waals surface area contributed by atoms with Crippen LogP contribution in [0.5, 0.6) is 0 Å². The minimum atomic E-state index is -1.21. The third kappa shape index (κ3) is 3.13. The smallest absolute Gasteiger partial charge is 0.337 e. The van der Waals surface area contributed by atoms with Crippen molar-refractivity contribution in [1.29, 1.82) is 0 Å². The third-order valence-corrected chi connectivity index (χ3v) is 2.80. The van der Waals surface area contributed by atoms with Crippen molar-refractivity contribution in [2.75, 3.05) is 5.32 Å². The average Bonchev–Trinajstić information content (AvgIpc) is 2.41. The Morgan fingerprint density at radius 1 is 1.10 bits per heavy atom. The zero-order valence-electron chi connectivity index (χ0n) is 10.1. The largest absolute Gasteiger partial charge is 0.478 e. The van der Waals surface area contributed by atoms with E-state index in [1.54, 1.807) is 0 Å². The molecule has 0 aromatic heterocycles. The van der Waals surface area contributed by atoms with Gasteiger partial charge in [0.25, 0.3) is 5.91 Å². The van der Waals surface area contributed by atoms with Gasteiger partial charge in [0, 0.05) is 10.6 Å². The fourth-order valence-corrected chi connectivity index (χ4v) is 1.77. The lowest BCUT2D eigenvalue weighted by molar-refractivity contribution is 0.0698. The molecule has 0 spiro atoms. The first-order valence-corrected chi connectivity index (χ1v) is 5.95. The summed E-state index contributed by atoms with van der Waals surface area (Å²) in [5.74, 6) is -2.20. The van der Waals surface area contributed by atoms with Gasteiger partial charge in [-0.15, -0.1) is 0 Å². The van der Waals surface area contributed by atoms with E-state index in [9.17, 15) is 14.0 Å². The van der Waals surface area contributed by atoms with Crippen LogP contribution >= 0.6 is 11.6 Å². The second kappa shape index (κ2) is 5.71. The minimum absolute atomic E-state index is 0.118. The molecule has 2 rings (SSSR count). The van der Waals surface area contributed by atoms with Gasteiger partial charge >= 0.3 is 5.97 Å². The zero-order valence-corrected chi connectivity index (χ0v) is 10.8. The highest BCUT2D eigenvalue weighted by molar-refractivity contribution is 6.31. The summed E-state index contributed by atoms with van der Waals surface area (Å²) in [6.07, 6.45) is 0. The van der Waals surface area contributed by atoms with E-state index in [-0.39, 0.29) is 21.8 Å². The first-order chi connectivity index (χ1) is 9.47. The van der Waals surface area contributed by atoms with Gasteiger partial charge in [-0.1, -0.05) is 11.6 Å². The maximum absolute atomic E-state index is 12.8. The van der Waals surface area contributed by atoms with E-state index < -0.39 is 17.7 Å². The Morgan fingerprint density at radius 2 is 1.75 bits per heavy atom. The molecule has 2 aromatic carbocycles. The van der Waals surface area contributed by atoms with Crippen molar-refractivity contribution >= 4 is 29.2 Å². The molecule has 0 atom stereocenters. The van der Waals surface area contributed by atoms with Gasteiger partial charge in [0.1, 0.15) is 5.82 Å². The van der Waals surface area contributed by atoms with Gasteiger partial charge in [0.05, 0.1) is 11.3 Å². The van der Waals surface area contributed by atoms with Gasteiger partial charge in [-0.25, -0.2) is 9.18 Å². The van der Waals surface area contributed by atoms with Crippen LogP contribution in [0.1, 0.15) is 20.7 Å². The number of amides is 1. The number of nitrogens with one attached hydrogen (secondary N) is 1. The number of carbonyl (C=O) groups is 2. The maximum atomic E-state index is 12.8. The average molecular weight is 294 g/mol. The van der Waals surface area contributed by atoms with Crippen LogP contribution in [0, 0.1) is 5.82 Å². The van der Waals surface area contributed by atoms with E-state index >= 15 is 0 Å². The summed E-state index contributed by atoms with van der Waals surface area (Å²) in [6.45, 7) is 0. The van der Waals surface area contributed by atoms with Gasteiger partial charge < -0.3 is 10.4 Å². The van der Waals surface area contributed by atoms with Crippen molar-refractivity contribution in [3.8, 4) is 0 Å². The third-order valence-electron chi connectivity index (χ3n) is 2.57. The van der Waals surface area contributed by atoms with Crippen LogP contribution in [0.15, 0.2) is 42.5 Å². The van der Waals surface area contributed by atoms with E-state index in [0.717, 1.165) is 12.1 Å². The van der Waals surface area contributed by atoms with Crippen molar-refractivity contribution in [3.05, 3.63) is 64.4 Å². The molecular weight excluding hydrogens is 285 g/mol. The molecule has 0 fully saturated rings. The molecule has 20 heavy (non-hydrogen) atoms. The molecule has 0 heterocycles. The van der Waals surface area contributed by atoms with Gasteiger partial charge in [-0.3, -0.25) is 4.79 Å². The normalized spacial score (nSPS) is 10.1. The molecule has 0 aliphatic rings. The predicted molar refractivity (Wildman–Crippen MR) is 72.8 cm³/mol. The number of benzene rings is 2.